The molecule has 0 aliphatic carbocycles. The third-order valence-electron chi connectivity index (χ3n) is 3.33. The minimum Gasteiger partial charge on any atom is -0.452 e. The fourth-order valence-electron chi connectivity index (χ4n) is 2.13. The van der Waals surface area contributed by atoms with E-state index in [2.05, 4.69) is 5.32 Å². The smallest absolute Gasteiger partial charge is 0.339 e. The molecular formula is C18H16F3NO3S. The summed E-state index contributed by atoms with van der Waals surface area (Å²) >= 11 is 0.230. The number of hydrogen-bond donors (Lipinski definition) is 1. The predicted molar refractivity (Wildman–Crippen MR) is 91.7 cm³/mol. The number of halogens is 3. The van der Waals surface area contributed by atoms with E-state index in [1.54, 1.807) is 18.2 Å². The number of benzene rings is 2. The van der Waals surface area contributed by atoms with Crippen molar-refractivity contribution in [1.82, 2.24) is 5.32 Å². The number of carbonyl (C=O) groups excluding carboxylic acids is 2. The van der Waals surface area contributed by atoms with Crippen LogP contribution in [0.15, 0.2) is 53.4 Å². The van der Waals surface area contributed by atoms with E-state index in [4.69, 9.17) is 4.74 Å². The summed E-state index contributed by atoms with van der Waals surface area (Å²) in [6, 6.07) is 12.0. The Morgan fingerprint density at radius 1 is 1.08 bits per heavy atom. The number of nitrogens with one attached hydrogen (secondary N) is 1. The molecule has 26 heavy (non-hydrogen) atoms. The van der Waals surface area contributed by atoms with Gasteiger partial charge in [-0.05, 0) is 30.2 Å². The third kappa shape index (κ3) is 6.11. The van der Waals surface area contributed by atoms with Crippen molar-refractivity contribution in [3.05, 3.63) is 65.5 Å². The molecule has 0 radical (unpaired) electrons. The lowest BCUT2D eigenvalue weighted by molar-refractivity contribution is -0.124. The number of ether oxygens (including phenoxy) is 1. The van der Waals surface area contributed by atoms with Gasteiger partial charge in [-0.2, -0.15) is 8.78 Å². The van der Waals surface area contributed by atoms with E-state index in [0.717, 1.165) is 0 Å². The second-order valence-corrected chi connectivity index (χ2v) is 6.17. The zero-order valence-electron chi connectivity index (χ0n) is 13.6. The maximum Gasteiger partial charge on any atom is 0.339 e. The van der Waals surface area contributed by atoms with E-state index in [1.807, 2.05) is 0 Å². The minimum absolute atomic E-state index is 0.0306. The number of alkyl halides is 2. The van der Waals surface area contributed by atoms with E-state index >= 15 is 0 Å². The summed E-state index contributed by atoms with van der Waals surface area (Å²) < 4.78 is 43.3. The second-order valence-electron chi connectivity index (χ2n) is 5.14. The molecule has 1 N–H and O–H groups in total. The number of carbonyl (C=O) groups is 2. The molecule has 8 heteroatoms. The van der Waals surface area contributed by atoms with E-state index < -0.39 is 24.2 Å². The first-order chi connectivity index (χ1) is 12.5. The van der Waals surface area contributed by atoms with Gasteiger partial charge in [0.25, 0.3) is 11.7 Å². The van der Waals surface area contributed by atoms with Crippen LogP contribution in [0, 0.1) is 5.82 Å². The molecule has 0 aliphatic heterocycles. The van der Waals surface area contributed by atoms with Crippen molar-refractivity contribution in [3.63, 3.8) is 0 Å². The van der Waals surface area contributed by atoms with Crippen molar-refractivity contribution < 1.29 is 27.5 Å². The van der Waals surface area contributed by atoms with Crippen molar-refractivity contribution in [2.45, 2.75) is 17.1 Å². The molecule has 0 heterocycles. The lowest BCUT2D eigenvalue weighted by Crippen LogP contribution is -2.30. The van der Waals surface area contributed by atoms with Crippen LogP contribution in [-0.4, -0.2) is 30.8 Å². The Balaban J connectivity index is 1.80. The van der Waals surface area contributed by atoms with Gasteiger partial charge in [0.05, 0.1) is 5.56 Å². The average Bonchev–Trinajstić information content (AvgIpc) is 2.61. The highest BCUT2D eigenvalue weighted by Gasteiger charge is 2.17. The van der Waals surface area contributed by atoms with Crippen molar-refractivity contribution in [3.8, 4) is 0 Å². The van der Waals surface area contributed by atoms with Gasteiger partial charge >= 0.3 is 5.97 Å². The number of amides is 1. The third-order valence-corrected chi connectivity index (χ3v) is 4.12. The van der Waals surface area contributed by atoms with Crippen LogP contribution in [0.2, 0.25) is 0 Å². The first kappa shape index (κ1) is 19.8. The quantitative estimate of drug-likeness (QED) is 0.558. The van der Waals surface area contributed by atoms with Crippen LogP contribution in [0.5, 0.6) is 0 Å². The molecular weight excluding hydrogens is 367 g/mol. The van der Waals surface area contributed by atoms with Crippen LogP contribution in [0.1, 0.15) is 15.9 Å². The van der Waals surface area contributed by atoms with E-state index in [0.29, 0.717) is 12.0 Å². The van der Waals surface area contributed by atoms with Gasteiger partial charge in [0.2, 0.25) is 0 Å². The molecule has 2 aromatic rings. The summed E-state index contributed by atoms with van der Waals surface area (Å²) in [5.74, 6) is -4.46. The second kappa shape index (κ2) is 9.86. The lowest BCUT2D eigenvalue weighted by atomic mass is 10.1. The van der Waals surface area contributed by atoms with Crippen LogP contribution < -0.4 is 5.32 Å². The molecule has 0 saturated heterocycles. The van der Waals surface area contributed by atoms with Crippen LogP contribution >= 0.6 is 11.8 Å². The largest absolute Gasteiger partial charge is 0.452 e. The number of hydrogen-bond acceptors (Lipinski definition) is 4. The van der Waals surface area contributed by atoms with Gasteiger partial charge in [-0.15, -0.1) is 0 Å². The Morgan fingerprint density at radius 3 is 2.50 bits per heavy atom. The summed E-state index contributed by atoms with van der Waals surface area (Å²) in [5, 5.41) is 2.50. The van der Waals surface area contributed by atoms with Crippen molar-refractivity contribution in [2.24, 2.45) is 0 Å². The fourth-order valence-corrected chi connectivity index (χ4v) is 2.76. The molecule has 4 nitrogen and oxygen atoms in total. The fraction of sp³-hybridized carbons (Fsp3) is 0.222. The molecule has 0 spiro atoms. The molecule has 2 aromatic carbocycles. The van der Waals surface area contributed by atoms with Gasteiger partial charge in [0.15, 0.2) is 6.61 Å². The average molecular weight is 383 g/mol. The van der Waals surface area contributed by atoms with Gasteiger partial charge in [0, 0.05) is 11.4 Å². The van der Waals surface area contributed by atoms with Crippen LogP contribution in [0.3, 0.4) is 0 Å². The summed E-state index contributed by atoms with van der Waals surface area (Å²) in [6.07, 6.45) is 0.292. The molecule has 138 valence electrons. The molecule has 1 amide bonds. The molecule has 0 fully saturated rings. The van der Waals surface area contributed by atoms with Gasteiger partial charge in [0.1, 0.15) is 5.82 Å². The summed E-state index contributed by atoms with van der Waals surface area (Å²) in [7, 11) is 0. The first-order valence-corrected chi connectivity index (χ1v) is 8.56. The SMILES string of the molecule is O=C(COC(=O)c1ccccc1SC(F)F)NCCc1ccccc1F. The van der Waals surface area contributed by atoms with Crippen molar-refractivity contribution in [2.75, 3.05) is 13.2 Å². The molecule has 0 atom stereocenters. The van der Waals surface area contributed by atoms with Crippen molar-refractivity contribution in [1.29, 1.82) is 0 Å². The summed E-state index contributed by atoms with van der Waals surface area (Å²) in [6.45, 7) is -0.376. The van der Waals surface area contributed by atoms with Crippen LogP contribution in [0.25, 0.3) is 0 Å². The number of esters is 1. The van der Waals surface area contributed by atoms with E-state index in [-0.39, 0.29) is 34.6 Å². The molecule has 0 bridgehead atoms. The van der Waals surface area contributed by atoms with Crippen molar-refractivity contribution >= 4 is 23.6 Å². The summed E-state index contributed by atoms with van der Waals surface area (Å²) in [4.78, 5) is 23.8. The van der Waals surface area contributed by atoms with E-state index in [9.17, 15) is 22.8 Å². The topological polar surface area (TPSA) is 55.4 Å². The van der Waals surface area contributed by atoms with Crippen LogP contribution in [-0.2, 0) is 16.0 Å². The lowest BCUT2D eigenvalue weighted by Gasteiger charge is -2.09. The zero-order valence-corrected chi connectivity index (χ0v) is 14.4. The van der Waals surface area contributed by atoms with Crippen LogP contribution in [0.4, 0.5) is 13.2 Å². The molecule has 0 aliphatic rings. The number of rotatable bonds is 8. The first-order valence-electron chi connectivity index (χ1n) is 7.68. The Labute approximate surface area is 152 Å². The van der Waals surface area contributed by atoms with E-state index in [1.165, 1.54) is 30.3 Å². The maximum absolute atomic E-state index is 13.4. The normalized spacial score (nSPS) is 10.6. The monoisotopic (exact) mass is 383 g/mol. The Kier molecular flexibility index (Phi) is 7.53. The standard InChI is InChI=1S/C18H16F3NO3S/c19-14-7-3-1-5-12(14)9-10-22-16(23)11-25-17(24)13-6-2-4-8-15(13)26-18(20)21/h1-8,18H,9-11H2,(H,22,23). The highest BCUT2D eigenvalue weighted by Crippen LogP contribution is 2.28. The number of thioether (sulfide) groups is 1. The van der Waals surface area contributed by atoms with Gasteiger partial charge in [-0.3, -0.25) is 4.79 Å². The Hall–Kier alpha value is -2.48. The molecule has 0 aromatic heterocycles. The zero-order chi connectivity index (χ0) is 18.9. The predicted octanol–water partition coefficient (Wildman–Crippen LogP) is 3.66. The highest BCUT2D eigenvalue weighted by atomic mass is 32.2. The highest BCUT2D eigenvalue weighted by molar-refractivity contribution is 7.99. The Bertz CT molecular complexity index is 771. The molecule has 0 unspecified atom stereocenters. The van der Waals surface area contributed by atoms with Gasteiger partial charge < -0.3 is 10.1 Å². The Morgan fingerprint density at radius 2 is 1.77 bits per heavy atom. The summed E-state index contributed by atoms with van der Waals surface area (Å²) in [5.41, 5.74) is 0.430. The molecule has 2 rings (SSSR count). The minimum atomic E-state index is -2.68. The van der Waals surface area contributed by atoms with Gasteiger partial charge in [-0.1, -0.05) is 42.1 Å². The van der Waals surface area contributed by atoms with Gasteiger partial charge in [-0.25, -0.2) is 9.18 Å². The molecule has 0 saturated carbocycles. The maximum atomic E-state index is 13.4.